The van der Waals surface area contributed by atoms with E-state index in [0.29, 0.717) is 16.6 Å². The van der Waals surface area contributed by atoms with E-state index in [-0.39, 0.29) is 12.0 Å². The van der Waals surface area contributed by atoms with Gasteiger partial charge in [0.15, 0.2) is 0 Å². The van der Waals surface area contributed by atoms with Crippen LogP contribution in [0.25, 0.3) is 21.9 Å². The Bertz CT molecular complexity index is 1610. The van der Waals surface area contributed by atoms with Crippen molar-refractivity contribution in [3.63, 3.8) is 0 Å². The number of H-pyrrole nitrogens is 1. The Morgan fingerprint density at radius 1 is 1.05 bits per heavy atom. The Balaban J connectivity index is 1.50. The molecule has 0 amide bonds. The number of hydrogen-bond donors (Lipinski definition) is 2. The number of aromatic amines is 1. The van der Waals surface area contributed by atoms with Crippen LogP contribution in [0.15, 0.2) is 35.1 Å². The molecule has 0 aliphatic carbocycles. The molecule has 0 spiro atoms. The van der Waals surface area contributed by atoms with Crippen LogP contribution in [0, 0.1) is 0 Å². The maximum atomic E-state index is 12.9. The van der Waals surface area contributed by atoms with Crippen LogP contribution < -0.4 is 30.0 Å². The number of phosphoric acid groups is 3. The van der Waals surface area contributed by atoms with E-state index in [2.05, 4.69) is 28.0 Å². The maximum absolute atomic E-state index is 12.9. The Morgan fingerprint density at radius 2 is 1.75 bits per heavy atom. The van der Waals surface area contributed by atoms with Crippen LogP contribution in [0.3, 0.4) is 0 Å². The van der Waals surface area contributed by atoms with Crippen molar-refractivity contribution in [2.24, 2.45) is 0 Å². The number of aliphatic hydroxyl groups excluding tert-OH is 1. The standard InChI is InChI=1S/C21H28N3O13P3/c1-3-24(4-2)14-6-5-12-7-13-8-15(21(26)23-20(13)22-16(12)9-14)18-10-17(25)19(35-18)11-34-39(30,31)37-40(32,33)36-38(27,28)29/h5-9,17-19,25H,3-4,10-11H2,1-2H3,(H,30,31)(H,32,33)(H,22,23,26)(H2,27,28,29)/p-4/t17?,18-,19-/m1/s1. The second-order valence-electron chi connectivity index (χ2n) is 8.80. The van der Waals surface area contributed by atoms with Crippen molar-refractivity contribution in [2.45, 2.75) is 38.6 Å². The van der Waals surface area contributed by atoms with Crippen molar-refractivity contribution in [3.8, 4) is 0 Å². The number of phosphoric ester groups is 1. The highest BCUT2D eigenvalue weighted by atomic mass is 31.3. The Hall–Kier alpha value is -2.03. The molecule has 1 aromatic carbocycles. The predicted molar refractivity (Wildman–Crippen MR) is 133 cm³/mol. The minimum absolute atomic E-state index is 0.121. The third-order valence-electron chi connectivity index (χ3n) is 6.13. The first kappa shape index (κ1) is 30.9. The minimum Gasteiger partial charge on any atom is -0.790 e. The molecule has 2 N–H and O–H groups in total. The normalized spacial score (nSPS) is 22.8. The van der Waals surface area contributed by atoms with Crippen molar-refractivity contribution in [1.82, 2.24) is 9.97 Å². The number of aliphatic hydroxyl groups is 1. The molecule has 19 heteroatoms. The SMILES string of the molecule is CCN(CC)c1ccc2cc3cc([C@H]4CC(O)[C@@H](COP(=O)([O-])OP(=O)([O-])OP(=O)([O-])[O-])O4)c(=O)[nH]c3nc2c1. The number of nitrogens with one attached hydrogen (secondary N) is 1. The van der Waals surface area contributed by atoms with Gasteiger partial charge in [-0.2, -0.15) is 0 Å². The van der Waals surface area contributed by atoms with E-state index in [1.54, 1.807) is 0 Å². The number of hydrogen-bond acceptors (Lipinski definition) is 15. The number of fused-ring (bicyclic) bond motifs is 2. The van der Waals surface area contributed by atoms with Gasteiger partial charge in [0.25, 0.3) is 21.2 Å². The molecule has 0 saturated carbocycles. The highest BCUT2D eigenvalue weighted by molar-refractivity contribution is 7.64. The second-order valence-corrected chi connectivity index (χ2v) is 13.0. The maximum Gasteiger partial charge on any atom is 0.278 e. The molecule has 0 bridgehead atoms. The number of nitrogens with zero attached hydrogens (tertiary/aromatic N) is 2. The zero-order chi connectivity index (χ0) is 29.5. The molecule has 40 heavy (non-hydrogen) atoms. The van der Waals surface area contributed by atoms with E-state index < -0.39 is 53.9 Å². The highest BCUT2D eigenvalue weighted by Crippen LogP contribution is 2.60. The Labute approximate surface area is 227 Å². The van der Waals surface area contributed by atoms with Crippen LogP contribution in [-0.2, 0) is 31.6 Å². The van der Waals surface area contributed by atoms with Gasteiger partial charge >= 0.3 is 0 Å². The fraction of sp³-hybridized carbons (Fsp3) is 0.429. The van der Waals surface area contributed by atoms with Crippen molar-refractivity contribution in [2.75, 3.05) is 24.6 Å². The fourth-order valence-electron chi connectivity index (χ4n) is 4.35. The minimum atomic E-state index is -6.13. The molecule has 220 valence electrons. The molecular weight excluding hydrogens is 595 g/mol. The number of rotatable bonds is 11. The molecule has 1 aliphatic rings. The van der Waals surface area contributed by atoms with E-state index in [4.69, 9.17) is 4.74 Å². The average Bonchev–Trinajstić information content (AvgIpc) is 3.20. The summed E-state index contributed by atoms with van der Waals surface area (Å²) in [5, 5.41) is 11.7. The van der Waals surface area contributed by atoms with Crippen LogP contribution in [0.4, 0.5) is 5.69 Å². The Morgan fingerprint density at radius 3 is 2.40 bits per heavy atom. The smallest absolute Gasteiger partial charge is 0.278 e. The van der Waals surface area contributed by atoms with Gasteiger partial charge < -0.3 is 48.4 Å². The molecule has 1 fully saturated rings. The molecule has 3 unspecified atom stereocenters. The lowest BCUT2D eigenvalue weighted by molar-refractivity contribution is -0.339. The van der Waals surface area contributed by atoms with Crippen LogP contribution >= 0.6 is 23.5 Å². The molecule has 3 aromatic rings. The summed E-state index contributed by atoms with van der Waals surface area (Å²) >= 11 is 0. The quantitative estimate of drug-likeness (QED) is 0.210. The topological polar surface area (TPSA) is 250 Å². The molecule has 3 heterocycles. The third kappa shape index (κ3) is 7.42. The van der Waals surface area contributed by atoms with Gasteiger partial charge in [0.1, 0.15) is 11.8 Å². The van der Waals surface area contributed by atoms with Gasteiger partial charge in [-0.25, -0.2) is 9.29 Å². The highest BCUT2D eigenvalue weighted by Gasteiger charge is 2.37. The van der Waals surface area contributed by atoms with Gasteiger partial charge in [-0.1, -0.05) is 6.07 Å². The molecule has 16 nitrogen and oxygen atoms in total. The molecule has 5 atom stereocenters. The number of aromatic nitrogens is 2. The van der Waals surface area contributed by atoms with Crippen LogP contribution in [-0.4, -0.2) is 47.0 Å². The first-order valence-corrected chi connectivity index (χ1v) is 16.3. The summed E-state index contributed by atoms with van der Waals surface area (Å²) in [6.07, 6.45) is -3.83. The molecular formula is C21H24N3O13P3-4. The van der Waals surface area contributed by atoms with Gasteiger partial charge in [0.2, 0.25) is 0 Å². The largest absolute Gasteiger partial charge is 0.790 e. The summed E-state index contributed by atoms with van der Waals surface area (Å²) in [6.45, 7) is 4.75. The van der Waals surface area contributed by atoms with E-state index in [1.165, 1.54) is 6.07 Å². The van der Waals surface area contributed by atoms with Gasteiger partial charge in [0.05, 0.1) is 32.2 Å². The summed E-state index contributed by atoms with van der Waals surface area (Å²) in [4.78, 5) is 66.2. The summed E-state index contributed by atoms with van der Waals surface area (Å²) in [7, 11) is -18.0. The molecule has 1 aliphatic heterocycles. The first-order valence-electron chi connectivity index (χ1n) is 11.9. The van der Waals surface area contributed by atoms with Crippen molar-refractivity contribution in [1.29, 1.82) is 0 Å². The predicted octanol–water partition coefficient (Wildman–Crippen LogP) is -0.0713. The van der Waals surface area contributed by atoms with E-state index in [9.17, 15) is 43.2 Å². The van der Waals surface area contributed by atoms with Crippen LogP contribution in [0.1, 0.15) is 31.9 Å². The van der Waals surface area contributed by atoms with Crippen molar-refractivity contribution >= 4 is 51.1 Å². The first-order chi connectivity index (χ1) is 18.6. The number of ether oxygens (including phenoxy) is 1. The summed E-state index contributed by atoms with van der Waals surface area (Å²) in [6, 6.07) is 9.16. The van der Waals surface area contributed by atoms with Crippen molar-refractivity contribution < 1.29 is 56.3 Å². The monoisotopic (exact) mass is 619 g/mol. The fourth-order valence-corrected chi connectivity index (χ4v) is 7.21. The molecule has 4 rings (SSSR count). The Kier molecular flexibility index (Phi) is 9.03. The lowest BCUT2D eigenvalue weighted by Crippen LogP contribution is -2.27. The summed E-state index contributed by atoms with van der Waals surface area (Å²) in [5.74, 6) is 0. The van der Waals surface area contributed by atoms with Crippen LogP contribution in [0.5, 0.6) is 0 Å². The van der Waals surface area contributed by atoms with Gasteiger partial charge in [-0.05, 0) is 38.1 Å². The van der Waals surface area contributed by atoms with Gasteiger partial charge in [0, 0.05) is 41.5 Å². The number of anilines is 1. The molecule has 2 aromatic heterocycles. The lowest BCUT2D eigenvalue weighted by Gasteiger charge is -2.37. The van der Waals surface area contributed by atoms with Crippen molar-refractivity contribution in [3.05, 3.63) is 46.2 Å². The molecule has 0 radical (unpaired) electrons. The third-order valence-corrected chi connectivity index (χ3v) is 9.80. The van der Waals surface area contributed by atoms with Gasteiger partial charge in [-0.3, -0.25) is 18.2 Å². The number of benzene rings is 1. The van der Waals surface area contributed by atoms with E-state index >= 15 is 0 Å². The lowest BCUT2D eigenvalue weighted by atomic mass is 10.0. The van der Waals surface area contributed by atoms with Gasteiger partial charge in [-0.15, -0.1) is 0 Å². The van der Waals surface area contributed by atoms with Crippen LogP contribution in [0.2, 0.25) is 0 Å². The second kappa shape index (κ2) is 11.7. The summed E-state index contributed by atoms with van der Waals surface area (Å²) < 4.78 is 50.0. The zero-order valence-electron chi connectivity index (χ0n) is 21.0. The number of pyridine rings is 2. The zero-order valence-corrected chi connectivity index (χ0v) is 23.7. The van der Waals surface area contributed by atoms with E-state index in [1.807, 2.05) is 38.1 Å². The summed E-state index contributed by atoms with van der Waals surface area (Å²) in [5.41, 5.74) is 1.55. The van der Waals surface area contributed by atoms with E-state index in [0.717, 1.165) is 24.2 Å². The molecule has 1 saturated heterocycles. The average molecular weight is 619 g/mol.